The largest absolute Gasteiger partial charge is 0.459 e. The molecule has 9 atom stereocenters. The highest BCUT2D eigenvalue weighted by Crippen LogP contribution is 2.80. The van der Waals surface area contributed by atoms with Crippen molar-refractivity contribution in [3.8, 4) is 0 Å². The molecule has 3 saturated heterocycles. The topological polar surface area (TPSA) is 94.6 Å². The molecule has 0 amide bonds. The van der Waals surface area contributed by atoms with E-state index in [0.717, 1.165) is 32.1 Å². The summed E-state index contributed by atoms with van der Waals surface area (Å²) in [6, 6.07) is 0. The Balaban J connectivity index is 1.58. The molecule has 0 aromatic carbocycles. The van der Waals surface area contributed by atoms with Crippen molar-refractivity contribution in [1.82, 2.24) is 0 Å². The van der Waals surface area contributed by atoms with Gasteiger partial charge in [0.2, 0.25) is 5.79 Å². The van der Waals surface area contributed by atoms with Gasteiger partial charge in [0.1, 0.15) is 11.7 Å². The second-order valence-electron chi connectivity index (χ2n) is 11.9. The first-order valence-corrected chi connectivity index (χ1v) is 11.9. The molecule has 4 bridgehead atoms. The first kappa shape index (κ1) is 20.4. The van der Waals surface area contributed by atoms with Gasteiger partial charge in [-0.2, -0.15) is 0 Å². The molecule has 0 aromatic heterocycles. The maximum Gasteiger partial charge on any atom is 0.303 e. The summed E-state index contributed by atoms with van der Waals surface area (Å²) >= 11 is 0. The second kappa shape index (κ2) is 5.84. The lowest BCUT2D eigenvalue weighted by molar-refractivity contribution is -0.457. The molecule has 7 rings (SSSR count). The Morgan fingerprint density at radius 1 is 1.00 bits per heavy atom. The summed E-state index contributed by atoms with van der Waals surface area (Å²) in [5.41, 5.74) is -1.66. The summed E-state index contributed by atoms with van der Waals surface area (Å²) in [5, 5.41) is 12.5. The maximum atomic E-state index is 12.5. The number of epoxide rings is 1. The van der Waals surface area contributed by atoms with Gasteiger partial charge < -0.3 is 24.1 Å². The standard InChI is InChI=1S/C24H34O7/c1-13(25)30-18-17-20(3,4)8-5-9-21(17)11-29-24(18,27)22-10-15(6-7-16(21)22)23(12-28-23)19(22)31-14(2)26/h15-19,27H,5-12H2,1-4H3/t15-,16+,17-,18+,19+,21-,22+,23-,24-/m1/s1. The minimum atomic E-state index is -1.70. The van der Waals surface area contributed by atoms with E-state index in [4.69, 9.17) is 18.9 Å². The smallest absolute Gasteiger partial charge is 0.303 e. The number of carbonyl (C=O) groups excluding carboxylic acids is 2. The van der Waals surface area contributed by atoms with Gasteiger partial charge in [-0.3, -0.25) is 9.59 Å². The van der Waals surface area contributed by atoms with Crippen LogP contribution in [0.5, 0.6) is 0 Å². The van der Waals surface area contributed by atoms with Crippen molar-refractivity contribution in [2.75, 3.05) is 13.2 Å². The normalized spacial score (nSPS) is 55.3. The zero-order chi connectivity index (χ0) is 22.0. The van der Waals surface area contributed by atoms with Crippen LogP contribution in [0.1, 0.15) is 66.2 Å². The van der Waals surface area contributed by atoms with E-state index in [2.05, 4.69) is 13.8 Å². The van der Waals surface area contributed by atoms with Crippen LogP contribution in [-0.4, -0.2) is 53.9 Å². The fraction of sp³-hybridized carbons (Fsp3) is 0.917. The summed E-state index contributed by atoms with van der Waals surface area (Å²) in [5.74, 6) is -2.13. The molecule has 7 fully saturated rings. The van der Waals surface area contributed by atoms with Crippen LogP contribution < -0.4 is 0 Å². The summed E-state index contributed by atoms with van der Waals surface area (Å²) < 4.78 is 24.4. The highest BCUT2D eigenvalue weighted by atomic mass is 16.7. The van der Waals surface area contributed by atoms with Gasteiger partial charge >= 0.3 is 11.9 Å². The van der Waals surface area contributed by atoms with Gasteiger partial charge in [-0.15, -0.1) is 0 Å². The van der Waals surface area contributed by atoms with Crippen molar-refractivity contribution in [1.29, 1.82) is 0 Å². The fourth-order valence-electron chi connectivity index (χ4n) is 9.47. The van der Waals surface area contributed by atoms with Crippen LogP contribution >= 0.6 is 0 Å². The molecule has 0 radical (unpaired) electrons. The number of carbonyl (C=O) groups is 2. The van der Waals surface area contributed by atoms with E-state index < -0.39 is 35.0 Å². The lowest BCUT2D eigenvalue weighted by Crippen LogP contribution is -2.82. The maximum absolute atomic E-state index is 12.5. The molecule has 4 aliphatic carbocycles. The van der Waals surface area contributed by atoms with Gasteiger partial charge in [-0.25, -0.2) is 0 Å². The van der Waals surface area contributed by atoms with Gasteiger partial charge in [0.25, 0.3) is 0 Å². The fourth-order valence-corrected chi connectivity index (χ4v) is 9.47. The van der Waals surface area contributed by atoms with E-state index >= 15 is 0 Å². The number of esters is 2. The summed E-state index contributed by atoms with van der Waals surface area (Å²) in [7, 11) is 0. The van der Waals surface area contributed by atoms with E-state index in [1.165, 1.54) is 13.8 Å². The SMILES string of the molecule is CC(=O)O[C@@H]1[C@@]2(CO2)[C@@H]2CC[C@H]3[C@]45CCCC(C)(C)[C@H]4[C@H](OC(C)=O)[C@@](O)(OC5)[C@]13C2. The van der Waals surface area contributed by atoms with Gasteiger partial charge in [0.15, 0.2) is 6.10 Å². The molecule has 7 heteroatoms. The third kappa shape index (κ3) is 2.17. The number of hydrogen-bond acceptors (Lipinski definition) is 7. The Morgan fingerprint density at radius 2 is 1.71 bits per heavy atom. The molecule has 0 aromatic rings. The highest BCUT2D eigenvalue weighted by molar-refractivity contribution is 5.67. The van der Waals surface area contributed by atoms with E-state index in [1.807, 2.05) is 0 Å². The van der Waals surface area contributed by atoms with Gasteiger partial charge in [-0.1, -0.05) is 20.3 Å². The van der Waals surface area contributed by atoms with Gasteiger partial charge in [-0.05, 0) is 49.4 Å². The van der Waals surface area contributed by atoms with E-state index in [1.54, 1.807) is 0 Å². The molecular formula is C24H34O7. The number of ether oxygens (including phenoxy) is 4. The van der Waals surface area contributed by atoms with Crippen LogP contribution in [0.25, 0.3) is 0 Å². The lowest BCUT2D eigenvalue weighted by atomic mass is 9.36. The number of rotatable bonds is 2. The first-order valence-electron chi connectivity index (χ1n) is 11.9. The van der Waals surface area contributed by atoms with Crippen LogP contribution in [0, 0.1) is 34.0 Å². The van der Waals surface area contributed by atoms with Gasteiger partial charge in [0, 0.05) is 25.2 Å². The molecule has 4 saturated carbocycles. The van der Waals surface area contributed by atoms with Crippen LogP contribution in [0.4, 0.5) is 0 Å². The monoisotopic (exact) mass is 434 g/mol. The third-order valence-electron chi connectivity index (χ3n) is 10.2. The Bertz CT molecular complexity index is 849. The lowest BCUT2D eigenvalue weighted by Gasteiger charge is -2.74. The Kier molecular flexibility index (Phi) is 3.85. The van der Waals surface area contributed by atoms with Crippen molar-refractivity contribution in [2.45, 2.75) is 89.8 Å². The molecule has 31 heavy (non-hydrogen) atoms. The van der Waals surface area contributed by atoms with Crippen molar-refractivity contribution in [2.24, 2.45) is 34.0 Å². The summed E-state index contributed by atoms with van der Waals surface area (Å²) in [6.07, 6.45) is 4.36. The Morgan fingerprint density at radius 3 is 2.35 bits per heavy atom. The van der Waals surface area contributed by atoms with E-state index in [9.17, 15) is 14.7 Å². The minimum Gasteiger partial charge on any atom is -0.459 e. The van der Waals surface area contributed by atoms with Crippen LogP contribution in [-0.2, 0) is 28.5 Å². The van der Waals surface area contributed by atoms with Crippen molar-refractivity contribution in [3.63, 3.8) is 0 Å². The number of hydrogen-bond donors (Lipinski definition) is 1. The summed E-state index contributed by atoms with van der Waals surface area (Å²) in [4.78, 5) is 24.5. The zero-order valence-electron chi connectivity index (χ0n) is 18.9. The number of fused-ring (bicyclic) bond motifs is 3. The zero-order valence-corrected chi connectivity index (χ0v) is 18.9. The van der Waals surface area contributed by atoms with Crippen molar-refractivity contribution < 1.29 is 33.6 Å². The van der Waals surface area contributed by atoms with E-state index in [-0.39, 0.29) is 34.6 Å². The summed E-state index contributed by atoms with van der Waals surface area (Å²) in [6.45, 7) is 8.30. The Hall–Kier alpha value is -1.18. The Labute approximate surface area is 183 Å². The number of aliphatic hydroxyl groups is 1. The first-order chi connectivity index (χ1) is 14.5. The molecular weight excluding hydrogens is 400 g/mol. The quantitative estimate of drug-likeness (QED) is 0.527. The van der Waals surface area contributed by atoms with Crippen LogP contribution in [0.15, 0.2) is 0 Å². The van der Waals surface area contributed by atoms with Crippen LogP contribution in [0.3, 0.4) is 0 Å². The van der Waals surface area contributed by atoms with E-state index in [0.29, 0.717) is 19.6 Å². The molecule has 1 N–H and O–H groups in total. The predicted molar refractivity (Wildman–Crippen MR) is 108 cm³/mol. The molecule has 3 aliphatic heterocycles. The molecule has 7 aliphatic rings. The minimum absolute atomic E-state index is 0.00164. The second-order valence-corrected chi connectivity index (χ2v) is 11.9. The third-order valence-corrected chi connectivity index (χ3v) is 10.2. The highest BCUT2D eigenvalue weighted by Gasteiger charge is 2.89. The van der Waals surface area contributed by atoms with Crippen molar-refractivity contribution in [3.05, 3.63) is 0 Å². The average Bonchev–Trinajstić information content (AvgIpc) is 3.45. The molecule has 3 heterocycles. The van der Waals surface area contributed by atoms with Gasteiger partial charge in [0.05, 0.1) is 18.6 Å². The van der Waals surface area contributed by atoms with Crippen molar-refractivity contribution >= 4 is 11.9 Å². The average molecular weight is 435 g/mol. The molecule has 3 spiro atoms. The van der Waals surface area contributed by atoms with Crippen LogP contribution in [0.2, 0.25) is 0 Å². The molecule has 7 nitrogen and oxygen atoms in total. The molecule has 0 unspecified atom stereocenters. The predicted octanol–water partition coefficient (Wildman–Crippen LogP) is 2.58. The molecule has 172 valence electrons.